The standard InChI is InChI=1S/C8H9N3O2S/c1-14(12,13)11-7-3-2-6-5-9-10-8(6)4-7/h2-5,11H,1H3,(H,9,10). The molecule has 14 heavy (non-hydrogen) atoms. The van der Waals surface area contributed by atoms with E-state index in [1.807, 2.05) is 0 Å². The van der Waals surface area contributed by atoms with E-state index in [4.69, 9.17) is 0 Å². The highest BCUT2D eigenvalue weighted by Crippen LogP contribution is 2.16. The van der Waals surface area contributed by atoms with Gasteiger partial charge in [0.2, 0.25) is 10.0 Å². The Labute approximate surface area is 81.2 Å². The smallest absolute Gasteiger partial charge is 0.229 e. The van der Waals surface area contributed by atoms with Gasteiger partial charge in [0.25, 0.3) is 0 Å². The second-order valence-corrected chi connectivity index (χ2v) is 4.79. The Morgan fingerprint density at radius 2 is 2.21 bits per heavy atom. The van der Waals surface area contributed by atoms with Crippen LogP contribution in [0.1, 0.15) is 0 Å². The van der Waals surface area contributed by atoms with Crippen molar-refractivity contribution in [1.29, 1.82) is 0 Å². The summed E-state index contributed by atoms with van der Waals surface area (Å²) in [7, 11) is -3.21. The minimum Gasteiger partial charge on any atom is -0.284 e. The van der Waals surface area contributed by atoms with Crippen molar-refractivity contribution in [2.75, 3.05) is 11.0 Å². The summed E-state index contributed by atoms with van der Waals surface area (Å²) < 4.78 is 24.3. The highest BCUT2D eigenvalue weighted by molar-refractivity contribution is 7.92. The number of sulfonamides is 1. The van der Waals surface area contributed by atoms with Crippen molar-refractivity contribution in [3.63, 3.8) is 0 Å². The van der Waals surface area contributed by atoms with Crippen LogP contribution in [0, 0.1) is 0 Å². The largest absolute Gasteiger partial charge is 0.284 e. The van der Waals surface area contributed by atoms with E-state index in [9.17, 15) is 8.42 Å². The monoisotopic (exact) mass is 211 g/mol. The van der Waals surface area contributed by atoms with Gasteiger partial charge in [0.15, 0.2) is 0 Å². The molecule has 6 heteroatoms. The second-order valence-electron chi connectivity index (χ2n) is 3.05. The van der Waals surface area contributed by atoms with E-state index < -0.39 is 10.0 Å². The summed E-state index contributed by atoms with van der Waals surface area (Å²) in [4.78, 5) is 0. The van der Waals surface area contributed by atoms with Crippen LogP contribution in [0.2, 0.25) is 0 Å². The fourth-order valence-corrected chi connectivity index (χ4v) is 1.77. The highest BCUT2D eigenvalue weighted by atomic mass is 32.2. The van der Waals surface area contributed by atoms with E-state index in [0.717, 1.165) is 17.2 Å². The van der Waals surface area contributed by atoms with E-state index in [2.05, 4.69) is 14.9 Å². The summed E-state index contributed by atoms with van der Waals surface area (Å²) in [5.41, 5.74) is 1.34. The predicted molar refractivity (Wildman–Crippen MR) is 54.6 cm³/mol. The number of rotatable bonds is 2. The van der Waals surface area contributed by atoms with Gasteiger partial charge in [0.05, 0.1) is 23.7 Å². The van der Waals surface area contributed by atoms with Gasteiger partial charge in [-0.2, -0.15) is 5.10 Å². The lowest BCUT2D eigenvalue weighted by Gasteiger charge is -2.02. The average molecular weight is 211 g/mol. The Morgan fingerprint density at radius 3 is 2.93 bits per heavy atom. The van der Waals surface area contributed by atoms with E-state index in [0.29, 0.717) is 5.69 Å². The van der Waals surface area contributed by atoms with Crippen molar-refractivity contribution in [2.45, 2.75) is 0 Å². The molecule has 0 amide bonds. The van der Waals surface area contributed by atoms with E-state index in [-0.39, 0.29) is 0 Å². The lowest BCUT2D eigenvalue weighted by atomic mass is 10.2. The van der Waals surface area contributed by atoms with Crippen LogP contribution in [0.5, 0.6) is 0 Å². The zero-order chi connectivity index (χ0) is 10.2. The van der Waals surface area contributed by atoms with E-state index in [1.165, 1.54) is 0 Å². The molecule has 2 rings (SSSR count). The molecule has 74 valence electrons. The molecule has 2 aromatic rings. The molecule has 0 fully saturated rings. The maximum absolute atomic E-state index is 10.9. The second kappa shape index (κ2) is 2.98. The van der Waals surface area contributed by atoms with Crippen molar-refractivity contribution >= 4 is 26.6 Å². The third-order valence-corrected chi connectivity index (χ3v) is 2.35. The minimum absolute atomic E-state index is 0.532. The topological polar surface area (TPSA) is 74.8 Å². The molecule has 1 aromatic carbocycles. The lowest BCUT2D eigenvalue weighted by Crippen LogP contribution is -2.09. The molecule has 0 spiro atoms. The highest BCUT2D eigenvalue weighted by Gasteiger charge is 2.02. The van der Waals surface area contributed by atoms with Gasteiger partial charge in [-0.25, -0.2) is 8.42 Å². The number of fused-ring (bicyclic) bond motifs is 1. The van der Waals surface area contributed by atoms with E-state index >= 15 is 0 Å². The number of H-pyrrole nitrogens is 1. The van der Waals surface area contributed by atoms with Gasteiger partial charge in [0, 0.05) is 5.39 Å². The number of benzene rings is 1. The number of nitrogens with zero attached hydrogens (tertiary/aromatic N) is 1. The maximum atomic E-state index is 10.9. The normalized spacial score (nSPS) is 11.8. The average Bonchev–Trinajstić information content (AvgIpc) is 2.47. The zero-order valence-corrected chi connectivity index (χ0v) is 8.30. The quantitative estimate of drug-likeness (QED) is 0.776. The molecule has 0 radical (unpaired) electrons. The van der Waals surface area contributed by atoms with Crippen LogP contribution in [-0.2, 0) is 10.0 Å². The number of aromatic nitrogens is 2. The molecular formula is C8H9N3O2S. The van der Waals surface area contributed by atoms with Crippen molar-refractivity contribution in [2.24, 2.45) is 0 Å². The van der Waals surface area contributed by atoms with Gasteiger partial charge in [0.1, 0.15) is 0 Å². The van der Waals surface area contributed by atoms with Crippen molar-refractivity contribution in [3.8, 4) is 0 Å². The molecule has 0 aliphatic carbocycles. The molecule has 0 aliphatic heterocycles. The lowest BCUT2D eigenvalue weighted by molar-refractivity contribution is 0.607. The Bertz CT molecular complexity index is 559. The molecule has 1 heterocycles. The fourth-order valence-electron chi connectivity index (χ4n) is 1.21. The van der Waals surface area contributed by atoms with Crippen molar-refractivity contribution in [1.82, 2.24) is 10.2 Å². The first-order valence-electron chi connectivity index (χ1n) is 3.95. The van der Waals surface area contributed by atoms with Crippen LogP contribution in [0.25, 0.3) is 10.9 Å². The third-order valence-electron chi connectivity index (χ3n) is 1.75. The number of hydrogen-bond acceptors (Lipinski definition) is 3. The SMILES string of the molecule is CS(=O)(=O)Nc1ccc2cn[nH]c2c1. The van der Waals surface area contributed by atoms with Crippen LogP contribution >= 0.6 is 0 Å². The van der Waals surface area contributed by atoms with Crippen LogP contribution in [-0.4, -0.2) is 24.9 Å². The summed E-state index contributed by atoms with van der Waals surface area (Å²) >= 11 is 0. The Morgan fingerprint density at radius 1 is 1.43 bits per heavy atom. The molecular weight excluding hydrogens is 202 g/mol. The minimum atomic E-state index is -3.21. The van der Waals surface area contributed by atoms with Gasteiger partial charge >= 0.3 is 0 Å². The van der Waals surface area contributed by atoms with Gasteiger partial charge in [-0.05, 0) is 18.2 Å². The molecule has 0 bridgehead atoms. The summed E-state index contributed by atoms with van der Waals surface area (Å²) in [5.74, 6) is 0. The number of anilines is 1. The molecule has 0 saturated carbocycles. The zero-order valence-electron chi connectivity index (χ0n) is 7.48. The van der Waals surface area contributed by atoms with Crippen LogP contribution in [0.4, 0.5) is 5.69 Å². The van der Waals surface area contributed by atoms with Gasteiger partial charge in [-0.3, -0.25) is 9.82 Å². The van der Waals surface area contributed by atoms with Crippen LogP contribution < -0.4 is 4.72 Å². The van der Waals surface area contributed by atoms with Gasteiger partial charge < -0.3 is 0 Å². The summed E-state index contributed by atoms with van der Waals surface area (Å²) in [5, 5.41) is 7.55. The first kappa shape index (κ1) is 9.01. The van der Waals surface area contributed by atoms with Crippen molar-refractivity contribution in [3.05, 3.63) is 24.4 Å². The molecule has 0 unspecified atom stereocenters. The number of aromatic amines is 1. The van der Waals surface area contributed by atoms with E-state index in [1.54, 1.807) is 24.4 Å². The molecule has 2 N–H and O–H groups in total. The summed E-state index contributed by atoms with van der Waals surface area (Å²) in [6.45, 7) is 0. The number of hydrogen-bond donors (Lipinski definition) is 2. The molecule has 0 saturated heterocycles. The third kappa shape index (κ3) is 1.85. The first-order valence-corrected chi connectivity index (χ1v) is 5.85. The molecule has 1 aromatic heterocycles. The number of nitrogens with one attached hydrogen (secondary N) is 2. The Kier molecular flexibility index (Phi) is 1.92. The van der Waals surface area contributed by atoms with Gasteiger partial charge in [-0.1, -0.05) is 0 Å². The molecule has 0 aliphatic rings. The summed E-state index contributed by atoms with van der Waals surface area (Å²) in [6.07, 6.45) is 2.80. The van der Waals surface area contributed by atoms with Crippen LogP contribution in [0.3, 0.4) is 0 Å². The fraction of sp³-hybridized carbons (Fsp3) is 0.125. The van der Waals surface area contributed by atoms with Crippen LogP contribution in [0.15, 0.2) is 24.4 Å². The summed E-state index contributed by atoms with van der Waals surface area (Å²) in [6, 6.07) is 5.19. The predicted octanol–water partition coefficient (Wildman–Crippen LogP) is 0.934. The maximum Gasteiger partial charge on any atom is 0.229 e. The Hall–Kier alpha value is -1.56. The van der Waals surface area contributed by atoms with Gasteiger partial charge in [-0.15, -0.1) is 0 Å². The molecule has 0 atom stereocenters. The van der Waals surface area contributed by atoms with Crippen molar-refractivity contribution < 1.29 is 8.42 Å². The first-order chi connectivity index (χ1) is 6.54. The molecule has 5 nitrogen and oxygen atoms in total. The Balaban J connectivity index is 2.44.